The highest BCUT2D eigenvalue weighted by atomic mass is 16.6. The molecule has 0 radical (unpaired) electrons. The van der Waals surface area contributed by atoms with Crippen molar-refractivity contribution in [3.05, 3.63) is 111 Å². The van der Waals surface area contributed by atoms with Crippen molar-refractivity contribution in [1.82, 2.24) is 0 Å². The number of hydrogen-bond acceptors (Lipinski definition) is 7. The second-order valence-electron chi connectivity index (χ2n) is 11.4. The Hall–Kier alpha value is -4.60. The van der Waals surface area contributed by atoms with Gasteiger partial charge < -0.3 is 15.3 Å². The summed E-state index contributed by atoms with van der Waals surface area (Å²) in [7, 11) is 0. The zero-order chi connectivity index (χ0) is 31.4. The van der Waals surface area contributed by atoms with Gasteiger partial charge in [-0.15, -0.1) is 0 Å². The van der Waals surface area contributed by atoms with Gasteiger partial charge in [0.1, 0.15) is 5.75 Å². The van der Waals surface area contributed by atoms with Crippen LogP contribution in [0.15, 0.2) is 90.0 Å². The first-order valence-corrected chi connectivity index (χ1v) is 14.9. The molecule has 1 aliphatic carbocycles. The lowest BCUT2D eigenvalue weighted by molar-refractivity contribution is -0.384. The van der Waals surface area contributed by atoms with Crippen molar-refractivity contribution < 1.29 is 29.8 Å². The number of benzene rings is 3. The molecule has 228 valence electrons. The summed E-state index contributed by atoms with van der Waals surface area (Å²) in [5.74, 6) is -3.18. The van der Waals surface area contributed by atoms with Crippen molar-refractivity contribution >= 4 is 34.8 Å². The molecule has 1 fully saturated rings. The van der Waals surface area contributed by atoms with Gasteiger partial charge in [0.15, 0.2) is 0 Å². The van der Waals surface area contributed by atoms with Crippen molar-refractivity contribution in [2.24, 2.45) is 17.8 Å². The number of carbonyl (C=O) groups excluding carboxylic acids is 2. The Labute approximate surface area is 255 Å². The number of phenolic OH excluding ortho intramolecular Hbond substituents is 1. The largest absolute Gasteiger partial charge is 0.508 e. The van der Waals surface area contributed by atoms with Crippen LogP contribution in [0.1, 0.15) is 50.2 Å². The maximum absolute atomic E-state index is 13.8. The summed E-state index contributed by atoms with van der Waals surface area (Å²) in [5.41, 5.74) is 4.12. The third kappa shape index (κ3) is 6.20. The third-order valence-electron chi connectivity index (χ3n) is 8.63. The normalized spacial score (nSPS) is 21.0. The Morgan fingerprint density at radius 1 is 1.05 bits per heavy atom. The molecule has 5 rings (SSSR count). The average Bonchev–Trinajstić information content (AvgIpc) is 3.27. The first-order chi connectivity index (χ1) is 21.2. The standard InChI is InChI=1S/C35H36N2O7/c1-2-8-25-19-29-33(35(42)36(34(29)41)26-12-7-13-27(20-26)37(43)44)30(21-38)32(25)31(40)16-15-24(23-10-4-3-5-11-23)17-22-9-6-14-28(39)18-22/h3-7,9-14,17-18,20,29-31,33,38-40H,2,8,15-16,19,21H2,1H3/b24-17-/t29-,30+,31-,33-/m1/s1. The molecule has 1 saturated heterocycles. The molecule has 2 aliphatic rings. The van der Waals surface area contributed by atoms with Crippen LogP contribution >= 0.6 is 0 Å². The number of amides is 2. The average molecular weight is 597 g/mol. The van der Waals surface area contributed by atoms with E-state index in [1.807, 2.05) is 49.4 Å². The minimum absolute atomic E-state index is 0.129. The number of phenols is 1. The van der Waals surface area contributed by atoms with Gasteiger partial charge in [0.05, 0.1) is 35.2 Å². The fourth-order valence-electron chi connectivity index (χ4n) is 6.71. The molecule has 9 heteroatoms. The predicted octanol–water partition coefficient (Wildman–Crippen LogP) is 5.90. The number of aliphatic hydroxyl groups is 2. The lowest BCUT2D eigenvalue weighted by Crippen LogP contribution is -2.39. The van der Waals surface area contributed by atoms with E-state index in [0.29, 0.717) is 24.8 Å². The number of nitro groups is 1. The summed E-state index contributed by atoms with van der Waals surface area (Å²) in [6.45, 7) is 1.58. The summed E-state index contributed by atoms with van der Waals surface area (Å²) in [4.78, 5) is 39.2. The summed E-state index contributed by atoms with van der Waals surface area (Å²) in [6, 6.07) is 22.1. The minimum Gasteiger partial charge on any atom is -0.508 e. The molecular weight excluding hydrogens is 560 g/mol. The molecule has 0 bridgehead atoms. The molecule has 44 heavy (non-hydrogen) atoms. The Kier molecular flexibility index (Phi) is 9.37. The number of anilines is 1. The summed E-state index contributed by atoms with van der Waals surface area (Å²) in [6.07, 6.45) is 3.43. The number of hydrogen-bond donors (Lipinski definition) is 3. The quantitative estimate of drug-likeness (QED) is 0.0823. The topological polar surface area (TPSA) is 141 Å². The van der Waals surface area contributed by atoms with E-state index in [4.69, 9.17) is 0 Å². The molecule has 3 aromatic rings. The van der Waals surface area contributed by atoms with Gasteiger partial charge in [0.25, 0.3) is 5.69 Å². The second-order valence-corrected chi connectivity index (χ2v) is 11.4. The van der Waals surface area contributed by atoms with Gasteiger partial charge in [-0.3, -0.25) is 19.7 Å². The number of nitrogens with zero attached hydrogens (tertiary/aromatic N) is 2. The zero-order valence-electron chi connectivity index (χ0n) is 24.5. The fourth-order valence-corrected chi connectivity index (χ4v) is 6.71. The Morgan fingerprint density at radius 3 is 2.48 bits per heavy atom. The van der Waals surface area contributed by atoms with Gasteiger partial charge in [0.2, 0.25) is 11.8 Å². The molecule has 1 heterocycles. The second kappa shape index (κ2) is 13.4. The highest BCUT2D eigenvalue weighted by molar-refractivity contribution is 6.22. The number of carbonyl (C=O) groups is 2. The number of aromatic hydroxyl groups is 1. The summed E-state index contributed by atoms with van der Waals surface area (Å²) < 4.78 is 0. The number of rotatable bonds is 11. The molecule has 0 unspecified atom stereocenters. The third-order valence-corrected chi connectivity index (χ3v) is 8.63. The fraction of sp³-hybridized carbons (Fsp3) is 0.314. The van der Waals surface area contributed by atoms with E-state index in [-0.39, 0.29) is 23.5 Å². The Balaban J connectivity index is 1.45. The number of nitro benzene ring substituents is 1. The SMILES string of the molecule is CCCC1=C([C@H](O)CC/C(=C/c2cccc(O)c2)c2ccccc2)[C@H](CO)[C@@H]2C(=O)N(c3cccc([N+](=O)[O-])c3)C(=O)[C@@H]2C1. The van der Waals surface area contributed by atoms with Gasteiger partial charge in [-0.2, -0.15) is 0 Å². The van der Waals surface area contributed by atoms with E-state index < -0.39 is 47.2 Å². The molecule has 0 saturated carbocycles. The van der Waals surface area contributed by atoms with Gasteiger partial charge >= 0.3 is 0 Å². The monoisotopic (exact) mass is 596 g/mol. The van der Waals surface area contributed by atoms with E-state index in [1.54, 1.807) is 18.2 Å². The van der Waals surface area contributed by atoms with E-state index in [0.717, 1.165) is 33.6 Å². The van der Waals surface area contributed by atoms with Gasteiger partial charge in [-0.05, 0) is 66.2 Å². The lowest BCUT2D eigenvalue weighted by atomic mass is 9.67. The Morgan fingerprint density at radius 2 is 1.80 bits per heavy atom. The first-order valence-electron chi connectivity index (χ1n) is 14.9. The van der Waals surface area contributed by atoms with E-state index >= 15 is 0 Å². The highest BCUT2D eigenvalue weighted by Crippen LogP contribution is 2.48. The molecule has 3 aromatic carbocycles. The van der Waals surface area contributed by atoms with Crippen molar-refractivity contribution in [3.8, 4) is 5.75 Å². The molecule has 4 atom stereocenters. The number of aliphatic hydroxyl groups excluding tert-OH is 2. The molecule has 0 spiro atoms. The van der Waals surface area contributed by atoms with Gasteiger partial charge in [-0.1, -0.05) is 73.5 Å². The molecule has 9 nitrogen and oxygen atoms in total. The number of fused-ring (bicyclic) bond motifs is 1. The van der Waals surface area contributed by atoms with Crippen molar-refractivity contribution in [2.75, 3.05) is 11.5 Å². The van der Waals surface area contributed by atoms with Gasteiger partial charge in [-0.25, -0.2) is 4.90 Å². The lowest BCUT2D eigenvalue weighted by Gasteiger charge is -2.36. The zero-order valence-corrected chi connectivity index (χ0v) is 24.5. The molecule has 0 aromatic heterocycles. The Bertz CT molecular complexity index is 1610. The van der Waals surface area contributed by atoms with Crippen LogP contribution in [0.4, 0.5) is 11.4 Å². The minimum atomic E-state index is -0.972. The van der Waals surface area contributed by atoms with Crippen LogP contribution in [0.25, 0.3) is 11.6 Å². The van der Waals surface area contributed by atoms with Crippen LogP contribution in [0.5, 0.6) is 5.75 Å². The smallest absolute Gasteiger partial charge is 0.271 e. The summed E-state index contributed by atoms with van der Waals surface area (Å²) >= 11 is 0. The van der Waals surface area contributed by atoms with Crippen molar-refractivity contribution in [2.45, 2.75) is 45.1 Å². The van der Waals surface area contributed by atoms with E-state index in [2.05, 4.69) is 0 Å². The van der Waals surface area contributed by atoms with Crippen LogP contribution in [-0.2, 0) is 9.59 Å². The predicted molar refractivity (Wildman–Crippen MR) is 167 cm³/mol. The van der Waals surface area contributed by atoms with Gasteiger partial charge in [0, 0.05) is 18.1 Å². The molecule has 1 aliphatic heterocycles. The maximum Gasteiger partial charge on any atom is 0.271 e. The van der Waals surface area contributed by atoms with Crippen molar-refractivity contribution in [1.29, 1.82) is 0 Å². The van der Waals surface area contributed by atoms with Crippen LogP contribution in [-0.4, -0.2) is 44.8 Å². The van der Waals surface area contributed by atoms with Crippen LogP contribution in [0.2, 0.25) is 0 Å². The number of imide groups is 1. The maximum atomic E-state index is 13.8. The molecule has 2 amide bonds. The summed E-state index contributed by atoms with van der Waals surface area (Å²) in [5, 5.41) is 43.7. The first kappa shape index (κ1) is 30.8. The molecule has 3 N–H and O–H groups in total. The molecular formula is C35H36N2O7. The van der Waals surface area contributed by atoms with Crippen LogP contribution in [0.3, 0.4) is 0 Å². The van der Waals surface area contributed by atoms with Crippen molar-refractivity contribution in [3.63, 3.8) is 0 Å². The van der Waals surface area contributed by atoms with Crippen LogP contribution in [0, 0.1) is 27.9 Å². The van der Waals surface area contributed by atoms with E-state index in [9.17, 15) is 35.0 Å². The highest BCUT2D eigenvalue weighted by Gasteiger charge is 2.55. The van der Waals surface area contributed by atoms with E-state index in [1.165, 1.54) is 24.3 Å². The number of non-ortho nitro benzene ring substituents is 1. The van der Waals surface area contributed by atoms with Crippen LogP contribution < -0.4 is 4.90 Å². The number of allylic oxidation sites excluding steroid dienone is 2.